The number of carbonyl (C=O) groups excluding carboxylic acids is 2. The van der Waals surface area contributed by atoms with Gasteiger partial charge in [-0.1, -0.05) is 0 Å². The van der Waals surface area contributed by atoms with E-state index in [1.165, 1.54) is 0 Å². The largest absolute Gasteiger partial charge is 0.481 e. The Balaban J connectivity index is 1.82. The predicted molar refractivity (Wildman–Crippen MR) is 91.7 cm³/mol. The van der Waals surface area contributed by atoms with Crippen LogP contribution in [0.15, 0.2) is 24.5 Å². The third kappa shape index (κ3) is 6.17. The van der Waals surface area contributed by atoms with E-state index in [4.69, 9.17) is 5.11 Å². The van der Waals surface area contributed by atoms with Crippen molar-refractivity contribution in [3.8, 4) is 0 Å². The molecule has 136 valence electrons. The molecule has 2 N–H and O–H groups in total. The van der Waals surface area contributed by atoms with Gasteiger partial charge in [0, 0.05) is 30.9 Å². The Hall–Kier alpha value is -2.44. The first kappa shape index (κ1) is 18.9. The van der Waals surface area contributed by atoms with E-state index >= 15 is 0 Å². The molecule has 2 atom stereocenters. The average molecular weight is 347 g/mol. The van der Waals surface area contributed by atoms with Gasteiger partial charge >= 0.3 is 5.97 Å². The zero-order valence-corrected chi connectivity index (χ0v) is 14.5. The van der Waals surface area contributed by atoms with Crippen LogP contribution < -0.4 is 5.32 Å². The van der Waals surface area contributed by atoms with Crippen molar-refractivity contribution in [3.63, 3.8) is 0 Å². The minimum atomic E-state index is -0.960. The second kappa shape index (κ2) is 9.15. The van der Waals surface area contributed by atoms with Crippen LogP contribution in [-0.2, 0) is 20.8 Å². The van der Waals surface area contributed by atoms with Crippen LogP contribution >= 0.6 is 0 Å². The Morgan fingerprint density at radius 2 is 2.12 bits per heavy atom. The van der Waals surface area contributed by atoms with E-state index in [1.54, 1.807) is 24.2 Å². The summed E-state index contributed by atoms with van der Waals surface area (Å²) in [7, 11) is 0. The molecule has 0 aliphatic carbocycles. The van der Waals surface area contributed by atoms with Crippen molar-refractivity contribution in [1.29, 1.82) is 0 Å². The second-order valence-electron chi connectivity index (χ2n) is 6.56. The highest BCUT2D eigenvalue weighted by atomic mass is 16.4. The summed E-state index contributed by atoms with van der Waals surface area (Å²) in [5.41, 5.74) is 1.15. The SMILES string of the molecule is C[C@H](CC(=O)O)NC(=O)CN1CCC[C@@H](CCc2ccncc2)C1=O. The first-order chi connectivity index (χ1) is 12.0. The van der Waals surface area contributed by atoms with Gasteiger partial charge < -0.3 is 15.3 Å². The van der Waals surface area contributed by atoms with Gasteiger partial charge in [0.15, 0.2) is 0 Å². The average Bonchev–Trinajstić information content (AvgIpc) is 2.55. The van der Waals surface area contributed by atoms with Crippen LogP contribution in [-0.4, -0.2) is 51.9 Å². The predicted octanol–water partition coefficient (Wildman–Crippen LogP) is 1.23. The molecule has 25 heavy (non-hydrogen) atoms. The van der Waals surface area contributed by atoms with Crippen molar-refractivity contribution in [2.75, 3.05) is 13.1 Å². The molecule has 2 rings (SSSR count). The van der Waals surface area contributed by atoms with Gasteiger partial charge in [0.25, 0.3) is 0 Å². The number of aromatic nitrogens is 1. The number of piperidine rings is 1. The van der Waals surface area contributed by atoms with Crippen molar-refractivity contribution >= 4 is 17.8 Å². The zero-order chi connectivity index (χ0) is 18.2. The maximum absolute atomic E-state index is 12.6. The Labute approximate surface area is 147 Å². The highest BCUT2D eigenvalue weighted by molar-refractivity contribution is 5.86. The monoisotopic (exact) mass is 347 g/mol. The van der Waals surface area contributed by atoms with Crippen LogP contribution in [0.4, 0.5) is 0 Å². The molecule has 1 aliphatic rings. The number of carbonyl (C=O) groups is 3. The summed E-state index contributed by atoms with van der Waals surface area (Å²) < 4.78 is 0. The van der Waals surface area contributed by atoms with Crippen LogP contribution in [0.1, 0.15) is 38.2 Å². The molecule has 0 bridgehead atoms. The van der Waals surface area contributed by atoms with Gasteiger partial charge in [0.2, 0.25) is 11.8 Å². The van der Waals surface area contributed by atoms with Gasteiger partial charge in [-0.25, -0.2) is 0 Å². The van der Waals surface area contributed by atoms with Gasteiger partial charge in [-0.2, -0.15) is 0 Å². The number of nitrogens with zero attached hydrogens (tertiary/aromatic N) is 2. The van der Waals surface area contributed by atoms with E-state index in [9.17, 15) is 14.4 Å². The molecule has 0 saturated carbocycles. The lowest BCUT2D eigenvalue weighted by atomic mass is 9.91. The number of likely N-dealkylation sites (tertiary alicyclic amines) is 1. The first-order valence-corrected chi connectivity index (χ1v) is 8.64. The van der Waals surface area contributed by atoms with Gasteiger partial charge in [0.1, 0.15) is 0 Å². The summed E-state index contributed by atoms with van der Waals surface area (Å²) in [6.07, 6.45) is 6.65. The molecule has 7 heteroatoms. The van der Waals surface area contributed by atoms with Crippen molar-refractivity contribution in [3.05, 3.63) is 30.1 Å². The summed E-state index contributed by atoms with van der Waals surface area (Å²) in [4.78, 5) is 40.8. The minimum Gasteiger partial charge on any atom is -0.481 e. The van der Waals surface area contributed by atoms with Gasteiger partial charge in [0.05, 0.1) is 13.0 Å². The van der Waals surface area contributed by atoms with Crippen LogP contribution in [0, 0.1) is 5.92 Å². The highest BCUT2D eigenvalue weighted by Crippen LogP contribution is 2.22. The lowest BCUT2D eigenvalue weighted by molar-refractivity contribution is -0.143. The second-order valence-corrected chi connectivity index (χ2v) is 6.56. The Morgan fingerprint density at radius 1 is 1.40 bits per heavy atom. The van der Waals surface area contributed by atoms with Crippen LogP contribution in [0.2, 0.25) is 0 Å². The fourth-order valence-corrected chi connectivity index (χ4v) is 3.14. The number of amides is 2. The molecular weight excluding hydrogens is 322 g/mol. The number of hydrogen-bond acceptors (Lipinski definition) is 4. The van der Waals surface area contributed by atoms with Gasteiger partial charge in [-0.15, -0.1) is 0 Å². The summed E-state index contributed by atoms with van der Waals surface area (Å²) in [5, 5.41) is 11.4. The van der Waals surface area contributed by atoms with Crippen molar-refractivity contribution in [2.24, 2.45) is 5.92 Å². The third-order valence-electron chi connectivity index (χ3n) is 4.40. The Kier molecular flexibility index (Phi) is 6.91. The van der Waals surface area contributed by atoms with E-state index in [0.29, 0.717) is 6.54 Å². The van der Waals surface area contributed by atoms with Crippen molar-refractivity contribution in [2.45, 2.75) is 45.1 Å². The van der Waals surface area contributed by atoms with E-state index in [0.717, 1.165) is 31.2 Å². The molecule has 1 saturated heterocycles. The van der Waals surface area contributed by atoms with Gasteiger partial charge in [-0.3, -0.25) is 19.4 Å². The fourth-order valence-electron chi connectivity index (χ4n) is 3.14. The number of carboxylic acid groups (broad SMARTS) is 1. The van der Waals surface area contributed by atoms with Crippen LogP contribution in [0.25, 0.3) is 0 Å². The number of pyridine rings is 1. The first-order valence-electron chi connectivity index (χ1n) is 8.64. The normalized spacial score (nSPS) is 18.7. The smallest absolute Gasteiger partial charge is 0.305 e. The van der Waals surface area contributed by atoms with E-state index in [1.807, 2.05) is 12.1 Å². The quantitative estimate of drug-likeness (QED) is 0.737. The Morgan fingerprint density at radius 3 is 2.80 bits per heavy atom. The number of aliphatic carboxylic acids is 1. The molecule has 7 nitrogen and oxygen atoms in total. The maximum Gasteiger partial charge on any atom is 0.305 e. The minimum absolute atomic E-state index is 0.00541. The summed E-state index contributed by atoms with van der Waals surface area (Å²) >= 11 is 0. The molecule has 1 aliphatic heterocycles. The summed E-state index contributed by atoms with van der Waals surface area (Å²) in [6, 6.07) is 3.44. The third-order valence-corrected chi connectivity index (χ3v) is 4.40. The molecular formula is C18H25N3O4. The highest BCUT2D eigenvalue weighted by Gasteiger charge is 2.29. The molecule has 2 amide bonds. The van der Waals surface area contributed by atoms with Crippen molar-refractivity contribution in [1.82, 2.24) is 15.2 Å². The fraction of sp³-hybridized carbons (Fsp3) is 0.556. The molecule has 1 aromatic rings. The molecule has 0 unspecified atom stereocenters. The molecule has 0 spiro atoms. The van der Waals surface area contributed by atoms with E-state index < -0.39 is 12.0 Å². The number of nitrogens with one attached hydrogen (secondary N) is 1. The lowest BCUT2D eigenvalue weighted by Crippen LogP contribution is -2.48. The number of aryl methyl sites for hydroxylation is 1. The Bertz CT molecular complexity index is 606. The molecule has 1 aromatic heterocycles. The molecule has 1 fully saturated rings. The number of carboxylic acids is 1. The van der Waals surface area contributed by atoms with Crippen LogP contribution in [0.3, 0.4) is 0 Å². The van der Waals surface area contributed by atoms with E-state index in [-0.39, 0.29) is 30.7 Å². The number of hydrogen-bond donors (Lipinski definition) is 2. The van der Waals surface area contributed by atoms with Crippen LogP contribution in [0.5, 0.6) is 0 Å². The topological polar surface area (TPSA) is 99.6 Å². The summed E-state index contributed by atoms with van der Waals surface area (Å²) in [6.45, 7) is 2.21. The lowest BCUT2D eigenvalue weighted by Gasteiger charge is -2.32. The van der Waals surface area contributed by atoms with E-state index in [2.05, 4.69) is 10.3 Å². The standard InChI is InChI=1S/C18H25N3O4/c1-13(11-17(23)24)20-16(22)12-21-10-2-3-15(18(21)25)5-4-14-6-8-19-9-7-14/h6-9,13,15H,2-5,10-12H2,1H3,(H,20,22)(H,23,24)/t13-,15+/m1/s1. The molecule has 2 heterocycles. The maximum atomic E-state index is 12.6. The zero-order valence-electron chi connectivity index (χ0n) is 14.5. The molecule has 0 aromatic carbocycles. The summed E-state index contributed by atoms with van der Waals surface area (Å²) in [5.74, 6) is -1.32. The number of rotatable bonds is 8. The molecule has 0 radical (unpaired) electrons. The van der Waals surface area contributed by atoms with Gasteiger partial charge in [-0.05, 0) is 50.3 Å². The van der Waals surface area contributed by atoms with Crippen molar-refractivity contribution < 1.29 is 19.5 Å².